The van der Waals surface area contributed by atoms with E-state index in [-0.39, 0.29) is 11.3 Å². The highest BCUT2D eigenvalue weighted by Gasteiger charge is 2.37. The second-order valence-corrected chi connectivity index (χ2v) is 8.36. The molecule has 1 aliphatic rings. The largest absolute Gasteiger partial charge is 0.348 e. The summed E-state index contributed by atoms with van der Waals surface area (Å²) in [6.07, 6.45) is 8.23. The number of anilines is 1. The summed E-state index contributed by atoms with van der Waals surface area (Å²) in [6.45, 7) is 4.59. The van der Waals surface area contributed by atoms with Gasteiger partial charge in [-0.3, -0.25) is 9.69 Å². The molecule has 0 bridgehead atoms. The van der Waals surface area contributed by atoms with Gasteiger partial charge in [0.25, 0.3) is 0 Å². The highest BCUT2D eigenvalue weighted by Crippen LogP contribution is 2.38. The fraction of sp³-hybridized carbons (Fsp3) is 0.360. The molecule has 156 valence electrons. The van der Waals surface area contributed by atoms with Gasteiger partial charge in [-0.1, -0.05) is 42.5 Å². The van der Waals surface area contributed by atoms with Crippen molar-refractivity contribution in [3.8, 4) is 0 Å². The molecular weight excluding hydrogens is 372 g/mol. The maximum absolute atomic E-state index is 11.2. The number of amides is 1. The number of aromatic nitrogens is 2. The number of aromatic amines is 1. The van der Waals surface area contributed by atoms with Crippen LogP contribution in [0.3, 0.4) is 0 Å². The van der Waals surface area contributed by atoms with Gasteiger partial charge in [-0.2, -0.15) is 0 Å². The van der Waals surface area contributed by atoms with E-state index in [2.05, 4.69) is 62.6 Å². The fourth-order valence-corrected chi connectivity index (χ4v) is 4.48. The van der Waals surface area contributed by atoms with Gasteiger partial charge in [0, 0.05) is 37.0 Å². The number of aryl methyl sites for hydroxylation is 1. The number of hydrogen-bond donors (Lipinski definition) is 2. The number of rotatable bonds is 7. The van der Waals surface area contributed by atoms with E-state index in [9.17, 15) is 4.79 Å². The normalized spacial score (nSPS) is 16.3. The molecule has 1 saturated heterocycles. The number of likely N-dealkylation sites (tertiary alicyclic amines) is 1. The molecule has 1 amide bonds. The number of nitrogens with zero attached hydrogens (tertiary/aromatic N) is 2. The summed E-state index contributed by atoms with van der Waals surface area (Å²) in [5.41, 5.74) is 3.64. The Bertz CT molecular complexity index is 927. The third-order valence-electron chi connectivity index (χ3n) is 6.23. The van der Waals surface area contributed by atoms with E-state index < -0.39 is 0 Å². The Morgan fingerprint density at radius 3 is 2.43 bits per heavy atom. The van der Waals surface area contributed by atoms with Gasteiger partial charge in [0.05, 0.1) is 0 Å². The van der Waals surface area contributed by atoms with Crippen molar-refractivity contribution in [2.45, 2.75) is 44.6 Å². The molecule has 2 N–H and O–H groups in total. The minimum atomic E-state index is -0.0384. The van der Waals surface area contributed by atoms with Gasteiger partial charge in [-0.15, -0.1) is 0 Å². The summed E-state index contributed by atoms with van der Waals surface area (Å²) < 4.78 is 0. The maximum atomic E-state index is 11.2. The van der Waals surface area contributed by atoms with E-state index in [0.29, 0.717) is 0 Å². The summed E-state index contributed by atoms with van der Waals surface area (Å²) in [7, 11) is 0. The minimum absolute atomic E-state index is 0.0384. The molecule has 3 aromatic rings. The van der Waals surface area contributed by atoms with E-state index in [0.717, 1.165) is 56.8 Å². The zero-order valence-electron chi connectivity index (χ0n) is 17.6. The van der Waals surface area contributed by atoms with Crippen LogP contribution in [0.25, 0.3) is 0 Å². The first-order valence-electron chi connectivity index (χ1n) is 10.8. The smallest absolute Gasteiger partial charge is 0.221 e. The van der Waals surface area contributed by atoms with Crippen LogP contribution in [0, 0.1) is 0 Å². The lowest BCUT2D eigenvalue weighted by atomic mass is 9.73. The van der Waals surface area contributed by atoms with Gasteiger partial charge in [0.15, 0.2) is 0 Å². The number of imidazole rings is 1. The molecule has 2 heterocycles. The van der Waals surface area contributed by atoms with Crippen LogP contribution in [0.1, 0.15) is 43.1 Å². The molecule has 1 aliphatic heterocycles. The zero-order valence-corrected chi connectivity index (χ0v) is 17.6. The summed E-state index contributed by atoms with van der Waals surface area (Å²) in [5.74, 6) is 1.10. The van der Waals surface area contributed by atoms with Crippen molar-refractivity contribution in [2.24, 2.45) is 0 Å². The van der Waals surface area contributed by atoms with Gasteiger partial charge in [0.1, 0.15) is 5.82 Å². The van der Waals surface area contributed by atoms with E-state index >= 15 is 0 Å². The van der Waals surface area contributed by atoms with E-state index in [1.165, 1.54) is 18.1 Å². The number of carbonyl (C=O) groups excluding carboxylic acids is 1. The molecule has 30 heavy (non-hydrogen) atoms. The van der Waals surface area contributed by atoms with Crippen LogP contribution >= 0.6 is 0 Å². The Balaban J connectivity index is 1.38. The number of benzene rings is 2. The van der Waals surface area contributed by atoms with Gasteiger partial charge >= 0.3 is 0 Å². The molecule has 0 radical (unpaired) electrons. The summed E-state index contributed by atoms with van der Waals surface area (Å²) in [5, 5.41) is 2.83. The van der Waals surface area contributed by atoms with Gasteiger partial charge in [0.2, 0.25) is 5.91 Å². The van der Waals surface area contributed by atoms with Gasteiger partial charge in [-0.05, 0) is 62.0 Å². The lowest BCUT2D eigenvalue weighted by Gasteiger charge is -2.41. The molecule has 2 aromatic carbocycles. The standard InChI is InChI=1S/C25H30N4O/c1-20(30)28-23-9-7-22(8-10-23)19-29-17-13-25(14-18-29,24-26-15-16-27-24)12-11-21-5-3-2-4-6-21/h2-10,15-16H,11-14,17-19H2,1H3,(H,26,27)(H,28,30). The Labute approximate surface area is 178 Å². The summed E-state index contributed by atoms with van der Waals surface area (Å²) in [6, 6.07) is 18.9. The predicted molar refractivity (Wildman–Crippen MR) is 120 cm³/mol. The molecule has 0 atom stereocenters. The van der Waals surface area contributed by atoms with Crippen LogP contribution in [0.5, 0.6) is 0 Å². The highest BCUT2D eigenvalue weighted by atomic mass is 16.1. The second kappa shape index (κ2) is 9.26. The molecule has 5 nitrogen and oxygen atoms in total. The predicted octanol–water partition coefficient (Wildman–Crippen LogP) is 4.53. The molecule has 0 spiro atoms. The maximum Gasteiger partial charge on any atom is 0.221 e. The number of hydrogen-bond acceptors (Lipinski definition) is 3. The SMILES string of the molecule is CC(=O)Nc1ccc(CN2CCC(CCc3ccccc3)(c3ncc[nH]3)CC2)cc1. The quantitative estimate of drug-likeness (QED) is 0.610. The fourth-order valence-electron chi connectivity index (χ4n) is 4.48. The van der Waals surface area contributed by atoms with Crippen LogP contribution in [0.4, 0.5) is 5.69 Å². The van der Waals surface area contributed by atoms with Crippen molar-refractivity contribution in [1.29, 1.82) is 0 Å². The Morgan fingerprint density at radius 2 is 1.80 bits per heavy atom. The van der Waals surface area contributed by atoms with E-state index in [1.807, 2.05) is 24.5 Å². The molecule has 1 fully saturated rings. The average Bonchev–Trinajstić information content (AvgIpc) is 3.31. The first-order chi connectivity index (χ1) is 14.6. The Hall–Kier alpha value is -2.92. The second-order valence-electron chi connectivity index (χ2n) is 8.36. The highest BCUT2D eigenvalue weighted by molar-refractivity contribution is 5.88. The number of piperidine rings is 1. The average molecular weight is 403 g/mol. The third-order valence-corrected chi connectivity index (χ3v) is 6.23. The lowest BCUT2D eigenvalue weighted by Crippen LogP contribution is -2.43. The van der Waals surface area contributed by atoms with Crippen LogP contribution in [-0.4, -0.2) is 33.9 Å². The number of carbonyl (C=O) groups is 1. The van der Waals surface area contributed by atoms with Crippen molar-refractivity contribution >= 4 is 11.6 Å². The molecular formula is C25H30N4O. The van der Waals surface area contributed by atoms with Crippen molar-refractivity contribution in [2.75, 3.05) is 18.4 Å². The Kier molecular flexibility index (Phi) is 6.29. The van der Waals surface area contributed by atoms with E-state index in [1.54, 1.807) is 0 Å². The van der Waals surface area contributed by atoms with Crippen LogP contribution < -0.4 is 5.32 Å². The molecule has 0 saturated carbocycles. The van der Waals surface area contributed by atoms with Crippen LogP contribution in [0.2, 0.25) is 0 Å². The zero-order chi connectivity index (χ0) is 20.8. The topological polar surface area (TPSA) is 61.0 Å². The van der Waals surface area contributed by atoms with Crippen molar-refractivity contribution in [3.63, 3.8) is 0 Å². The monoisotopic (exact) mass is 402 g/mol. The molecule has 0 unspecified atom stereocenters. The number of nitrogens with one attached hydrogen (secondary N) is 2. The van der Waals surface area contributed by atoms with Gasteiger partial charge in [-0.25, -0.2) is 4.98 Å². The van der Waals surface area contributed by atoms with Crippen molar-refractivity contribution in [3.05, 3.63) is 83.9 Å². The molecule has 1 aromatic heterocycles. The first kappa shape index (κ1) is 20.4. The third kappa shape index (κ3) is 4.97. The van der Waals surface area contributed by atoms with Crippen molar-refractivity contribution in [1.82, 2.24) is 14.9 Å². The molecule has 0 aliphatic carbocycles. The van der Waals surface area contributed by atoms with Gasteiger partial charge < -0.3 is 10.3 Å². The number of H-pyrrole nitrogens is 1. The summed E-state index contributed by atoms with van der Waals surface area (Å²) >= 11 is 0. The first-order valence-corrected chi connectivity index (χ1v) is 10.8. The van der Waals surface area contributed by atoms with Crippen molar-refractivity contribution < 1.29 is 4.79 Å². The lowest BCUT2D eigenvalue weighted by molar-refractivity contribution is -0.114. The molecule has 5 heteroatoms. The molecule has 4 rings (SSSR count). The van der Waals surface area contributed by atoms with Crippen LogP contribution in [0.15, 0.2) is 67.0 Å². The van der Waals surface area contributed by atoms with E-state index in [4.69, 9.17) is 0 Å². The Morgan fingerprint density at radius 1 is 1.07 bits per heavy atom. The minimum Gasteiger partial charge on any atom is -0.348 e. The van der Waals surface area contributed by atoms with Crippen LogP contribution in [-0.2, 0) is 23.2 Å². The summed E-state index contributed by atoms with van der Waals surface area (Å²) in [4.78, 5) is 21.8.